The molecule has 0 bridgehead atoms. The highest BCUT2D eigenvalue weighted by atomic mass is 16.4. The van der Waals surface area contributed by atoms with Crippen LogP contribution in [0.25, 0.3) is 0 Å². The highest BCUT2D eigenvalue weighted by Gasteiger charge is 2.22. The lowest BCUT2D eigenvalue weighted by molar-refractivity contribution is -0.142. The summed E-state index contributed by atoms with van der Waals surface area (Å²) in [4.78, 5) is 22.8. The minimum absolute atomic E-state index is 0.168. The summed E-state index contributed by atoms with van der Waals surface area (Å²) in [7, 11) is 0. The van der Waals surface area contributed by atoms with E-state index in [4.69, 9.17) is 5.11 Å². The Hall–Kier alpha value is -1.26. The third kappa shape index (κ3) is 8.46. The van der Waals surface area contributed by atoms with Crippen LogP contribution in [0.2, 0.25) is 0 Å². The third-order valence-electron chi connectivity index (χ3n) is 2.94. The zero-order chi connectivity index (χ0) is 15.1. The van der Waals surface area contributed by atoms with Gasteiger partial charge in [0.05, 0.1) is 5.92 Å². The van der Waals surface area contributed by atoms with E-state index in [1.165, 1.54) is 0 Å². The van der Waals surface area contributed by atoms with Gasteiger partial charge in [0.2, 0.25) is 0 Å². The molecule has 0 fully saturated rings. The van der Waals surface area contributed by atoms with Crippen LogP contribution < -0.4 is 10.6 Å². The molecular formula is C14H28N2O3. The Morgan fingerprint density at radius 3 is 2.26 bits per heavy atom. The molecule has 0 aliphatic heterocycles. The molecule has 0 aliphatic rings. The molecule has 0 spiro atoms. The lowest BCUT2D eigenvalue weighted by atomic mass is 9.97. The Morgan fingerprint density at radius 2 is 1.84 bits per heavy atom. The molecule has 0 radical (unpaired) electrons. The van der Waals surface area contributed by atoms with Gasteiger partial charge in [-0.2, -0.15) is 0 Å². The Balaban J connectivity index is 4.22. The first-order chi connectivity index (χ1) is 8.68. The fourth-order valence-electron chi connectivity index (χ4n) is 2.10. The molecule has 0 aromatic rings. The Morgan fingerprint density at radius 1 is 1.26 bits per heavy atom. The Bertz CT molecular complexity index is 301. The van der Waals surface area contributed by atoms with Gasteiger partial charge in [0.1, 0.15) is 0 Å². The number of hydrogen-bond acceptors (Lipinski definition) is 2. The second-order valence-corrected chi connectivity index (χ2v) is 6.13. The smallest absolute Gasteiger partial charge is 0.315 e. The van der Waals surface area contributed by atoms with Crippen molar-refractivity contribution in [2.75, 3.05) is 6.54 Å². The number of urea groups is 1. The van der Waals surface area contributed by atoms with E-state index >= 15 is 0 Å². The van der Waals surface area contributed by atoms with Gasteiger partial charge in [-0.3, -0.25) is 4.79 Å². The van der Waals surface area contributed by atoms with Crippen LogP contribution >= 0.6 is 0 Å². The molecule has 5 nitrogen and oxygen atoms in total. The number of carboxylic acid groups (broad SMARTS) is 1. The van der Waals surface area contributed by atoms with E-state index in [0.717, 1.165) is 12.8 Å². The summed E-state index contributed by atoms with van der Waals surface area (Å²) < 4.78 is 0. The minimum Gasteiger partial charge on any atom is -0.481 e. The maximum atomic E-state index is 11.7. The Kier molecular flexibility index (Phi) is 7.49. The zero-order valence-corrected chi connectivity index (χ0v) is 12.7. The predicted octanol–water partition coefficient (Wildman–Crippen LogP) is 2.61. The molecule has 2 amide bonds. The van der Waals surface area contributed by atoms with E-state index in [1.54, 1.807) is 0 Å². The molecule has 0 saturated heterocycles. The Labute approximate surface area is 116 Å². The summed E-state index contributed by atoms with van der Waals surface area (Å²) >= 11 is 0. The molecule has 19 heavy (non-hydrogen) atoms. The SMILES string of the molecule is CCCC(C)(C)NC(=O)NCC(CC(C)C)C(=O)O. The van der Waals surface area contributed by atoms with Crippen LogP contribution in [0.1, 0.15) is 53.9 Å². The van der Waals surface area contributed by atoms with Gasteiger partial charge in [0.25, 0.3) is 0 Å². The van der Waals surface area contributed by atoms with Crippen molar-refractivity contribution < 1.29 is 14.7 Å². The van der Waals surface area contributed by atoms with Crippen LogP contribution in [0.3, 0.4) is 0 Å². The molecule has 0 rings (SSSR count). The summed E-state index contributed by atoms with van der Waals surface area (Å²) in [5.41, 5.74) is -0.268. The lowest BCUT2D eigenvalue weighted by Crippen LogP contribution is -2.49. The topological polar surface area (TPSA) is 78.4 Å². The summed E-state index contributed by atoms with van der Waals surface area (Å²) in [6.45, 7) is 10.1. The van der Waals surface area contributed by atoms with E-state index in [2.05, 4.69) is 17.6 Å². The van der Waals surface area contributed by atoms with Crippen molar-refractivity contribution in [1.29, 1.82) is 0 Å². The highest BCUT2D eigenvalue weighted by Crippen LogP contribution is 2.12. The van der Waals surface area contributed by atoms with Gasteiger partial charge in [0, 0.05) is 12.1 Å². The van der Waals surface area contributed by atoms with Crippen molar-refractivity contribution in [3.63, 3.8) is 0 Å². The summed E-state index contributed by atoms with van der Waals surface area (Å²) in [6.07, 6.45) is 2.43. The highest BCUT2D eigenvalue weighted by molar-refractivity contribution is 5.76. The average molecular weight is 272 g/mol. The number of carbonyl (C=O) groups excluding carboxylic acids is 1. The number of rotatable bonds is 8. The minimum atomic E-state index is -0.859. The van der Waals surface area contributed by atoms with Gasteiger partial charge < -0.3 is 15.7 Å². The quantitative estimate of drug-likeness (QED) is 0.635. The van der Waals surface area contributed by atoms with Crippen molar-refractivity contribution in [1.82, 2.24) is 10.6 Å². The fourth-order valence-corrected chi connectivity index (χ4v) is 2.10. The van der Waals surface area contributed by atoms with Crippen LogP contribution in [-0.2, 0) is 4.79 Å². The van der Waals surface area contributed by atoms with Crippen LogP contribution in [-0.4, -0.2) is 29.2 Å². The maximum absolute atomic E-state index is 11.7. The second kappa shape index (κ2) is 8.02. The number of hydrogen-bond donors (Lipinski definition) is 3. The molecule has 1 unspecified atom stereocenters. The standard InChI is InChI=1S/C14H28N2O3/c1-6-7-14(4,5)16-13(19)15-9-11(12(17)18)8-10(2)3/h10-11H,6-9H2,1-5H3,(H,17,18)(H2,15,16,19). The number of carboxylic acids is 1. The first kappa shape index (κ1) is 17.7. The largest absolute Gasteiger partial charge is 0.481 e. The van der Waals surface area contributed by atoms with E-state index in [-0.39, 0.29) is 18.1 Å². The first-order valence-electron chi connectivity index (χ1n) is 6.96. The van der Waals surface area contributed by atoms with E-state index in [0.29, 0.717) is 12.3 Å². The van der Waals surface area contributed by atoms with E-state index < -0.39 is 11.9 Å². The summed E-state index contributed by atoms with van der Waals surface area (Å²) in [6, 6.07) is -0.298. The van der Waals surface area contributed by atoms with Gasteiger partial charge in [-0.1, -0.05) is 27.2 Å². The molecule has 0 aliphatic carbocycles. The van der Waals surface area contributed by atoms with Crippen molar-refractivity contribution in [2.24, 2.45) is 11.8 Å². The second-order valence-electron chi connectivity index (χ2n) is 6.13. The third-order valence-corrected chi connectivity index (χ3v) is 2.94. The van der Waals surface area contributed by atoms with Crippen LogP contribution in [0.5, 0.6) is 0 Å². The molecule has 112 valence electrons. The van der Waals surface area contributed by atoms with Gasteiger partial charge in [-0.25, -0.2) is 4.79 Å². The summed E-state index contributed by atoms with van der Waals surface area (Å²) in [5, 5.41) is 14.6. The van der Waals surface area contributed by atoms with Gasteiger partial charge >= 0.3 is 12.0 Å². The van der Waals surface area contributed by atoms with Crippen molar-refractivity contribution in [3.05, 3.63) is 0 Å². The monoisotopic (exact) mass is 272 g/mol. The fraction of sp³-hybridized carbons (Fsp3) is 0.857. The molecule has 0 aromatic carbocycles. The van der Waals surface area contributed by atoms with Crippen LogP contribution in [0.4, 0.5) is 4.79 Å². The normalized spacial score (nSPS) is 13.2. The molecule has 0 saturated carbocycles. The lowest BCUT2D eigenvalue weighted by Gasteiger charge is -2.26. The van der Waals surface area contributed by atoms with Crippen molar-refractivity contribution in [2.45, 2.75) is 59.4 Å². The molecule has 0 aromatic heterocycles. The molecule has 1 atom stereocenters. The van der Waals surface area contributed by atoms with Crippen LogP contribution in [0, 0.1) is 11.8 Å². The van der Waals surface area contributed by atoms with E-state index in [1.807, 2.05) is 27.7 Å². The molecule has 3 N–H and O–H groups in total. The van der Waals surface area contributed by atoms with Gasteiger partial charge in [-0.05, 0) is 32.6 Å². The summed E-state index contributed by atoms with van der Waals surface area (Å²) in [5.74, 6) is -1.09. The molecule has 5 heteroatoms. The maximum Gasteiger partial charge on any atom is 0.315 e. The van der Waals surface area contributed by atoms with Crippen molar-refractivity contribution >= 4 is 12.0 Å². The first-order valence-corrected chi connectivity index (χ1v) is 6.96. The average Bonchev–Trinajstić information content (AvgIpc) is 2.22. The number of amides is 2. The van der Waals surface area contributed by atoms with Crippen molar-refractivity contribution in [3.8, 4) is 0 Å². The number of carbonyl (C=O) groups is 2. The molecule has 0 heterocycles. The van der Waals surface area contributed by atoms with Crippen LogP contribution in [0.15, 0.2) is 0 Å². The van der Waals surface area contributed by atoms with Gasteiger partial charge in [-0.15, -0.1) is 0 Å². The molecular weight excluding hydrogens is 244 g/mol. The number of aliphatic carboxylic acids is 1. The van der Waals surface area contributed by atoms with E-state index in [9.17, 15) is 9.59 Å². The predicted molar refractivity (Wildman–Crippen MR) is 76.1 cm³/mol. The number of nitrogens with one attached hydrogen (secondary N) is 2. The van der Waals surface area contributed by atoms with Gasteiger partial charge in [0.15, 0.2) is 0 Å². The zero-order valence-electron chi connectivity index (χ0n) is 12.7.